The van der Waals surface area contributed by atoms with Crippen LogP contribution in [0.4, 0.5) is 0 Å². The molecule has 2 nitrogen and oxygen atoms in total. The first-order valence-electron chi connectivity index (χ1n) is 3.53. The van der Waals surface area contributed by atoms with Crippen molar-refractivity contribution < 1.29 is 0 Å². The number of rotatable bonds is 1. The van der Waals surface area contributed by atoms with Crippen LogP contribution in [0, 0.1) is 0 Å². The Morgan fingerprint density at radius 3 is 2.18 bits per heavy atom. The van der Waals surface area contributed by atoms with Crippen LogP contribution in [0.15, 0.2) is 46.9 Å². The highest BCUT2D eigenvalue weighted by atomic mass is 15.0. The van der Waals surface area contributed by atoms with Crippen LogP contribution in [-0.2, 0) is 0 Å². The second kappa shape index (κ2) is 2.31. The van der Waals surface area contributed by atoms with E-state index in [-0.39, 0.29) is 6.17 Å². The van der Waals surface area contributed by atoms with Gasteiger partial charge in [0.1, 0.15) is 0 Å². The van der Waals surface area contributed by atoms with E-state index in [0.29, 0.717) is 0 Å². The molecule has 1 aromatic rings. The molecule has 0 saturated heterocycles. The average molecular weight is 144 g/mol. The first-order valence-corrected chi connectivity index (χ1v) is 3.53. The van der Waals surface area contributed by atoms with Crippen LogP contribution in [0.3, 0.4) is 0 Å². The molecule has 2 heteroatoms. The molecule has 0 bridgehead atoms. The van der Waals surface area contributed by atoms with E-state index < -0.39 is 0 Å². The van der Waals surface area contributed by atoms with Crippen molar-refractivity contribution in [3.05, 3.63) is 47.6 Å². The maximum Gasteiger partial charge on any atom is 0.159 e. The Balaban J connectivity index is 2.70. The Morgan fingerprint density at radius 1 is 1.18 bits per heavy atom. The number of nitrogens with zero attached hydrogens (tertiary/aromatic N) is 2. The molecule has 1 aliphatic rings. The lowest BCUT2D eigenvalue weighted by molar-refractivity contribution is 0.872. The van der Waals surface area contributed by atoms with E-state index in [1.807, 2.05) is 24.3 Å². The molecule has 1 aliphatic heterocycles. The van der Waals surface area contributed by atoms with Gasteiger partial charge in [-0.25, -0.2) is 0 Å². The molecule has 11 heavy (non-hydrogen) atoms. The van der Waals surface area contributed by atoms with Crippen molar-refractivity contribution in [2.24, 2.45) is 9.98 Å². The van der Waals surface area contributed by atoms with Crippen molar-refractivity contribution in [1.82, 2.24) is 0 Å². The summed E-state index contributed by atoms with van der Waals surface area (Å²) in [7, 11) is 0. The summed E-state index contributed by atoms with van der Waals surface area (Å²) in [4.78, 5) is 8.57. The average Bonchev–Trinajstić information content (AvgIpc) is 2.46. The van der Waals surface area contributed by atoms with Gasteiger partial charge in [0.25, 0.3) is 0 Å². The van der Waals surface area contributed by atoms with Gasteiger partial charge in [0, 0.05) is 0 Å². The number of para-hydroxylation sites is 2. The van der Waals surface area contributed by atoms with Gasteiger partial charge in [0.2, 0.25) is 0 Å². The molecular weight excluding hydrogens is 136 g/mol. The minimum atomic E-state index is -0.0626. The standard InChI is InChI=1S/C9H8N2/c1-2-9-10-7-5-3-4-6-8(7)11-9/h2-6,9H,1H2. The molecule has 0 amide bonds. The van der Waals surface area contributed by atoms with Crippen molar-refractivity contribution >= 4 is 0 Å². The van der Waals surface area contributed by atoms with Gasteiger partial charge >= 0.3 is 0 Å². The molecule has 0 fully saturated rings. The predicted molar refractivity (Wildman–Crippen MR) is 42.7 cm³/mol. The lowest BCUT2D eigenvalue weighted by atomic mass is 10.3. The zero-order chi connectivity index (χ0) is 7.68. The van der Waals surface area contributed by atoms with E-state index in [0.717, 1.165) is 10.7 Å². The van der Waals surface area contributed by atoms with Crippen molar-refractivity contribution in [2.45, 2.75) is 6.17 Å². The lowest BCUT2D eigenvalue weighted by Gasteiger charge is -1.89. The van der Waals surface area contributed by atoms with Crippen molar-refractivity contribution in [3.63, 3.8) is 0 Å². The van der Waals surface area contributed by atoms with Gasteiger partial charge in [-0.1, -0.05) is 18.7 Å². The topological polar surface area (TPSA) is 24.7 Å². The number of hydrogen-bond donors (Lipinski definition) is 0. The Hall–Kier alpha value is -1.44. The van der Waals surface area contributed by atoms with Gasteiger partial charge in [0.05, 0.1) is 10.7 Å². The fourth-order valence-corrected chi connectivity index (χ4v) is 1.10. The summed E-state index contributed by atoms with van der Waals surface area (Å²) in [5, 5.41) is 1.94. The third-order valence-corrected chi connectivity index (χ3v) is 1.64. The maximum absolute atomic E-state index is 4.29. The van der Waals surface area contributed by atoms with Crippen LogP contribution in [0.1, 0.15) is 0 Å². The second-order valence-corrected chi connectivity index (χ2v) is 2.40. The SMILES string of the molecule is C=CC1N=c2ccccc2=N1. The smallest absolute Gasteiger partial charge is 0.159 e. The Labute approximate surface area is 64.6 Å². The molecule has 1 heterocycles. The Morgan fingerprint density at radius 2 is 1.73 bits per heavy atom. The molecule has 0 N–H and O–H groups in total. The molecule has 0 aliphatic carbocycles. The number of fused-ring (bicyclic) bond motifs is 1. The molecule has 1 aromatic carbocycles. The van der Waals surface area contributed by atoms with E-state index in [4.69, 9.17) is 0 Å². The minimum Gasteiger partial charge on any atom is -0.252 e. The first-order chi connectivity index (χ1) is 5.40. The molecule has 2 rings (SSSR count). The van der Waals surface area contributed by atoms with E-state index in [1.165, 1.54) is 0 Å². The summed E-state index contributed by atoms with van der Waals surface area (Å²) in [5.74, 6) is 0. The minimum absolute atomic E-state index is 0.0626. The van der Waals surface area contributed by atoms with E-state index >= 15 is 0 Å². The summed E-state index contributed by atoms with van der Waals surface area (Å²) in [5.41, 5.74) is 0. The molecule has 0 atom stereocenters. The van der Waals surface area contributed by atoms with Crippen LogP contribution in [0.25, 0.3) is 0 Å². The fourth-order valence-electron chi connectivity index (χ4n) is 1.10. The summed E-state index contributed by atoms with van der Waals surface area (Å²) in [6, 6.07) is 7.84. The van der Waals surface area contributed by atoms with Gasteiger partial charge in [0.15, 0.2) is 6.17 Å². The van der Waals surface area contributed by atoms with E-state index in [2.05, 4.69) is 16.6 Å². The van der Waals surface area contributed by atoms with E-state index in [9.17, 15) is 0 Å². The fraction of sp³-hybridized carbons (Fsp3) is 0.111. The predicted octanol–water partition coefficient (Wildman–Crippen LogP) is 0.451. The summed E-state index contributed by atoms with van der Waals surface area (Å²) >= 11 is 0. The quantitative estimate of drug-likeness (QED) is 0.511. The van der Waals surface area contributed by atoms with Crippen LogP contribution in [-0.4, -0.2) is 6.17 Å². The van der Waals surface area contributed by atoms with Crippen molar-refractivity contribution in [1.29, 1.82) is 0 Å². The monoisotopic (exact) mass is 144 g/mol. The van der Waals surface area contributed by atoms with E-state index in [1.54, 1.807) is 6.08 Å². The molecule has 0 saturated carbocycles. The van der Waals surface area contributed by atoms with Gasteiger partial charge in [-0.3, -0.25) is 9.98 Å². The normalized spacial score (nSPS) is 14.9. The highest BCUT2D eigenvalue weighted by Gasteiger charge is 2.02. The maximum atomic E-state index is 4.29. The van der Waals surface area contributed by atoms with Crippen LogP contribution in [0.2, 0.25) is 0 Å². The Kier molecular flexibility index (Phi) is 1.32. The summed E-state index contributed by atoms with van der Waals surface area (Å²) in [6.45, 7) is 3.64. The third-order valence-electron chi connectivity index (χ3n) is 1.64. The second-order valence-electron chi connectivity index (χ2n) is 2.40. The molecule has 54 valence electrons. The number of hydrogen-bond acceptors (Lipinski definition) is 2. The van der Waals surface area contributed by atoms with Gasteiger partial charge in [-0.15, -0.1) is 0 Å². The lowest BCUT2D eigenvalue weighted by Crippen LogP contribution is -2.19. The summed E-state index contributed by atoms with van der Waals surface area (Å²) < 4.78 is 0. The van der Waals surface area contributed by atoms with Crippen molar-refractivity contribution in [2.75, 3.05) is 0 Å². The molecule has 0 unspecified atom stereocenters. The van der Waals surface area contributed by atoms with Gasteiger partial charge < -0.3 is 0 Å². The number of benzene rings is 1. The highest BCUT2D eigenvalue weighted by molar-refractivity contribution is 5.06. The molecule has 0 spiro atoms. The zero-order valence-electron chi connectivity index (χ0n) is 6.07. The first kappa shape index (κ1) is 6.28. The molecule has 0 radical (unpaired) electrons. The largest absolute Gasteiger partial charge is 0.252 e. The third kappa shape index (κ3) is 0.963. The summed E-state index contributed by atoms with van der Waals surface area (Å²) in [6.07, 6.45) is 1.67. The Bertz CT molecular complexity index is 357. The molecular formula is C9H8N2. The van der Waals surface area contributed by atoms with Crippen LogP contribution < -0.4 is 10.7 Å². The van der Waals surface area contributed by atoms with Crippen molar-refractivity contribution in [3.8, 4) is 0 Å². The highest BCUT2D eigenvalue weighted by Crippen LogP contribution is 1.94. The van der Waals surface area contributed by atoms with Crippen LogP contribution >= 0.6 is 0 Å². The van der Waals surface area contributed by atoms with Gasteiger partial charge in [-0.05, 0) is 18.2 Å². The zero-order valence-corrected chi connectivity index (χ0v) is 6.07. The molecule has 0 aromatic heterocycles. The van der Waals surface area contributed by atoms with Gasteiger partial charge in [-0.2, -0.15) is 0 Å². The van der Waals surface area contributed by atoms with Crippen LogP contribution in [0.5, 0.6) is 0 Å².